The number of amides is 1. The van der Waals surface area contributed by atoms with Crippen molar-refractivity contribution >= 4 is 11.6 Å². The number of ether oxygens (including phenoxy) is 1. The maximum Gasteiger partial charge on any atom is 0.237 e. The Morgan fingerprint density at radius 1 is 1.31 bits per heavy atom. The molecule has 0 bridgehead atoms. The van der Waals surface area contributed by atoms with Crippen molar-refractivity contribution in [1.82, 2.24) is 4.98 Å². The first-order valence-corrected chi connectivity index (χ1v) is 8.11. The first-order chi connectivity index (χ1) is 12.7. The highest BCUT2D eigenvalue weighted by atomic mass is 16.5. The maximum atomic E-state index is 12.1. The Balaban J connectivity index is 1.64. The number of furan rings is 1. The van der Waals surface area contributed by atoms with Crippen molar-refractivity contribution < 1.29 is 13.9 Å². The van der Waals surface area contributed by atoms with Gasteiger partial charge in [-0.3, -0.25) is 4.79 Å². The van der Waals surface area contributed by atoms with Gasteiger partial charge in [-0.05, 0) is 55.0 Å². The number of nitrogens with zero attached hydrogens (tertiary/aromatic N) is 2. The van der Waals surface area contributed by atoms with Crippen molar-refractivity contribution in [2.45, 2.75) is 19.8 Å². The van der Waals surface area contributed by atoms with E-state index in [1.165, 1.54) is 0 Å². The molecule has 0 atom stereocenters. The second-order valence-corrected chi connectivity index (χ2v) is 5.67. The van der Waals surface area contributed by atoms with Crippen LogP contribution in [0.3, 0.4) is 0 Å². The van der Waals surface area contributed by atoms with Gasteiger partial charge in [-0.25, -0.2) is 4.98 Å². The smallest absolute Gasteiger partial charge is 0.237 e. The van der Waals surface area contributed by atoms with E-state index in [1.54, 1.807) is 48.9 Å². The zero-order chi connectivity index (χ0) is 18.4. The molecule has 3 aromatic rings. The van der Waals surface area contributed by atoms with Crippen LogP contribution in [-0.2, 0) is 11.2 Å². The lowest BCUT2D eigenvalue weighted by molar-refractivity contribution is -0.116. The van der Waals surface area contributed by atoms with Crippen molar-refractivity contribution in [2.75, 3.05) is 5.32 Å². The third kappa shape index (κ3) is 4.28. The van der Waals surface area contributed by atoms with E-state index in [1.807, 2.05) is 19.1 Å². The van der Waals surface area contributed by atoms with E-state index < -0.39 is 0 Å². The number of nitrogens with one attached hydrogen (secondary N) is 1. The van der Waals surface area contributed by atoms with Crippen LogP contribution in [0.15, 0.2) is 59.3 Å². The first kappa shape index (κ1) is 17.2. The Labute approximate surface area is 151 Å². The largest absolute Gasteiger partial charge is 0.469 e. The number of aromatic nitrogens is 1. The average molecular weight is 347 g/mol. The number of anilines is 1. The molecule has 0 unspecified atom stereocenters. The fraction of sp³-hybridized carbons (Fsp3) is 0.150. The number of benzene rings is 1. The molecular weight excluding hydrogens is 330 g/mol. The Morgan fingerprint density at radius 3 is 2.92 bits per heavy atom. The lowest BCUT2D eigenvalue weighted by Gasteiger charge is -2.11. The molecule has 0 radical (unpaired) electrons. The molecule has 0 aliphatic carbocycles. The van der Waals surface area contributed by atoms with Crippen LogP contribution in [0.4, 0.5) is 5.69 Å². The summed E-state index contributed by atoms with van der Waals surface area (Å²) in [6.45, 7) is 1.87. The highest BCUT2D eigenvalue weighted by molar-refractivity contribution is 5.91. The monoisotopic (exact) mass is 347 g/mol. The van der Waals surface area contributed by atoms with Crippen LogP contribution >= 0.6 is 0 Å². The summed E-state index contributed by atoms with van der Waals surface area (Å²) < 4.78 is 10.9. The van der Waals surface area contributed by atoms with Crippen LogP contribution in [0.25, 0.3) is 0 Å². The molecule has 3 rings (SSSR count). The summed E-state index contributed by atoms with van der Waals surface area (Å²) in [6, 6.07) is 14.3. The van der Waals surface area contributed by atoms with Crippen molar-refractivity contribution in [3.05, 3.63) is 71.8 Å². The van der Waals surface area contributed by atoms with Gasteiger partial charge >= 0.3 is 0 Å². The van der Waals surface area contributed by atoms with Gasteiger partial charge in [0.2, 0.25) is 11.8 Å². The Hall–Kier alpha value is -3.59. The number of rotatable bonds is 6. The van der Waals surface area contributed by atoms with Gasteiger partial charge in [0, 0.05) is 24.7 Å². The molecule has 1 N–H and O–H groups in total. The van der Waals surface area contributed by atoms with Crippen LogP contribution in [0.5, 0.6) is 11.6 Å². The van der Waals surface area contributed by atoms with Gasteiger partial charge in [-0.1, -0.05) is 0 Å². The molecule has 6 nitrogen and oxygen atoms in total. The van der Waals surface area contributed by atoms with E-state index in [9.17, 15) is 4.79 Å². The molecule has 0 aliphatic rings. The summed E-state index contributed by atoms with van der Waals surface area (Å²) >= 11 is 0. The molecule has 0 fully saturated rings. The second kappa shape index (κ2) is 7.99. The predicted octanol–water partition coefficient (Wildman–Crippen LogP) is 4.22. The minimum Gasteiger partial charge on any atom is -0.469 e. The normalized spacial score (nSPS) is 10.2. The molecule has 130 valence electrons. The molecule has 6 heteroatoms. The summed E-state index contributed by atoms with van der Waals surface area (Å²) in [6.07, 6.45) is 4.05. The number of hydrogen-bond donors (Lipinski definition) is 1. The molecule has 1 aromatic carbocycles. The zero-order valence-electron chi connectivity index (χ0n) is 14.2. The molecule has 1 amide bonds. The minimum absolute atomic E-state index is 0.0883. The Kier molecular flexibility index (Phi) is 5.30. The zero-order valence-corrected chi connectivity index (χ0v) is 14.2. The van der Waals surface area contributed by atoms with Crippen molar-refractivity contribution in [3.8, 4) is 17.7 Å². The fourth-order valence-corrected chi connectivity index (χ4v) is 2.41. The van der Waals surface area contributed by atoms with Gasteiger partial charge in [0.15, 0.2) is 0 Å². The number of nitriles is 1. The van der Waals surface area contributed by atoms with Gasteiger partial charge in [0.25, 0.3) is 0 Å². The van der Waals surface area contributed by atoms with Crippen LogP contribution in [0.2, 0.25) is 0 Å². The van der Waals surface area contributed by atoms with Crippen LogP contribution < -0.4 is 10.1 Å². The number of carbonyl (C=O) groups is 1. The van der Waals surface area contributed by atoms with Crippen LogP contribution in [-0.4, -0.2) is 10.9 Å². The molecule has 0 aliphatic heterocycles. The maximum absolute atomic E-state index is 12.1. The quantitative estimate of drug-likeness (QED) is 0.721. The summed E-state index contributed by atoms with van der Waals surface area (Å²) in [5, 5.41) is 12.0. The third-order valence-electron chi connectivity index (χ3n) is 3.76. The number of carbonyl (C=O) groups excluding carboxylic acids is 1. The van der Waals surface area contributed by atoms with Gasteiger partial charge in [-0.15, -0.1) is 0 Å². The van der Waals surface area contributed by atoms with Gasteiger partial charge in [0.1, 0.15) is 23.1 Å². The van der Waals surface area contributed by atoms with Crippen molar-refractivity contribution in [1.29, 1.82) is 5.26 Å². The SMILES string of the molecule is Cc1cc(Oc2ncccc2C#N)ccc1NC(=O)CCc1ccco1. The molecular formula is C20H17N3O3. The van der Waals surface area contributed by atoms with E-state index in [-0.39, 0.29) is 11.8 Å². The lowest BCUT2D eigenvalue weighted by atomic mass is 10.1. The van der Waals surface area contributed by atoms with E-state index in [0.717, 1.165) is 11.3 Å². The van der Waals surface area contributed by atoms with Crippen LogP contribution in [0, 0.1) is 18.3 Å². The number of pyridine rings is 1. The second-order valence-electron chi connectivity index (χ2n) is 5.67. The number of aryl methyl sites for hydroxylation is 2. The summed E-state index contributed by atoms with van der Waals surface area (Å²) in [7, 11) is 0. The van der Waals surface area contributed by atoms with E-state index in [4.69, 9.17) is 14.4 Å². The summed E-state index contributed by atoms with van der Waals surface area (Å²) in [5.74, 6) is 1.50. The topological polar surface area (TPSA) is 88.1 Å². The Bertz CT molecular complexity index is 943. The molecule has 0 saturated heterocycles. The molecule has 2 aromatic heterocycles. The Morgan fingerprint density at radius 2 is 2.19 bits per heavy atom. The number of hydrogen-bond acceptors (Lipinski definition) is 5. The van der Waals surface area contributed by atoms with Gasteiger partial charge in [0.05, 0.1) is 6.26 Å². The first-order valence-electron chi connectivity index (χ1n) is 8.11. The lowest BCUT2D eigenvalue weighted by Crippen LogP contribution is -2.13. The van der Waals surface area contributed by atoms with Gasteiger partial charge in [-0.2, -0.15) is 5.26 Å². The average Bonchev–Trinajstić information content (AvgIpc) is 3.16. The highest BCUT2D eigenvalue weighted by Crippen LogP contribution is 2.26. The van der Waals surface area contributed by atoms with Gasteiger partial charge < -0.3 is 14.5 Å². The molecule has 26 heavy (non-hydrogen) atoms. The van der Waals surface area contributed by atoms with Crippen molar-refractivity contribution in [3.63, 3.8) is 0 Å². The van der Waals surface area contributed by atoms with E-state index in [2.05, 4.69) is 10.3 Å². The van der Waals surface area contributed by atoms with E-state index >= 15 is 0 Å². The minimum atomic E-state index is -0.0883. The van der Waals surface area contributed by atoms with E-state index in [0.29, 0.717) is 29.8 Å². The molecule has 0 spiro atoms. The molecule has 0 saturated carbocycles. The van der Waals surface area contributed by atoms with Crippen molar-refractivity contribution in [2.24, 2.45) is 0 Å². The third-order valence-corrected chi connectivity index (χ3v) is 3.76. The highest BCUT2D eigenvalue weighted by Gasteiger charge is 2.09. The molecule has 2 heterocycles. The summed E-state index contributed by atoms with van der Waals surface area (Å²) in [5.41, 5.74) is 1.92. The predicted molar refractivity (Wildman–Crippen MR) is 95.9 cm³/mol. The standard InChI is InChI=1S/C20H17N3O3/c1-14-12-17(26-20-15(13-21)4-2-10-22-20)6-8-18(14)23-19(24)9-7-16-5-3-11-25-16/h2-6,8,10-12H,7,9H2,1H3,(H,23,24). The van der Waals surface area contributed by atoms with Crippen LogP contribution in [0.1, 0.15) is 23.3 Å². The summed E-state index contributed by atoms with van der Waals surface area (Å²) in [4.78, 5) is 16.2. The fourth-order valence-electron chi connectivity index (χ4n) is 2.41.